The molecule has 25 heavy (non-hydrogen) atoms. The van der Waals surface area contributed by atoms with Crippen LogP contribution in [0.15, 0.2) is 35.5 Å². The molecule has 1 atom stereocenters. The molecule has 1 unspecified atom stereocenters. The zero-order chi connectivity index (χ0) is 17.2. The summed E-state index contributed by atoms with van der Waals surface area (Å²) in [6.45, 7) is 4.12. The van der Waals surface area contributed by atoms with Crippen molar-refractivity contribution in [2.45, 2.75) is 24.7 Å². The van der Waals surface area contributed by atoms with Crippen LogP contribution >= 0.6 is 12.4 Å². The van der Waals surface area contributed by atoms with E-state index in [2.05, 4.69) is 15.1 Å². The molecular formula is C16H22ClFN4O2S. The van der Waals surface area contributed by atoms with E-state index in [1.54, 1.807) is 12.4 Å². The Hall–Kier alpha value is -1.48. The van der Waals surface area contributed by atoms with Crippen molar-refractivity contribution < 1.29 is 12.8 Å². The molecule has 6 nitrogen and oxygen atoms in total. The predicted octanol–water partition coefficient (Wildman–Crippen LogP) is 2.02. The average Bonchev–Trinajstić information content (AvgIpc) is 3.19. The fourth-order valence-corrected chi connectivity index (χ4v) is 3.89. The lowest BCUT2D eigenvalue weighted by Crippen LogP contribution is -2.26. The summed E-state index contributed by atoms with van der Waals surface area (Å²) < 4.78 is 42.8. The van der Waals surface area contributed by atoms with Crippen molar-refractivity contribution in [1.29, 1.82) is 0 Å². The molecular weight excluding hydrogens is 367 g/mol. The van der Waals surface area contributed by atoms with Crippen molar-refractivity contribution >= 4 is 22.4 Å². The predicted molar refractivity (Wildman–Crippen MR) is 96.3 cm³/mol. The molecule has 0 radical (unpaired) electrons. The summed E-state index contributed by atoms with van der Waals surface area (Å²) in [5, 5.41) is 7.29. The summed E-state index contributed by atoms with van der Waals surface area (Å²) in [4.78, 5) is -0.0721. The highest BCUT2D eigenvalue weighted by Crippen LogP contribution is 2.19. The first-order valence-electron chi connectivity index (χ1n) is 7.97. The first-order valence-corrected chi connectivity index (χ1v) is 9.45. The summed E-state index contributed by atoms with van der Waals surface area (Å²) in [7, 11) is -3.71. The van der Waals surface area contributed by atoms with E-state index in [4.69, 9.17) is 0 Å². The Morgan fingerprint density at radius 3 is 2.84 bits per heavy atom. The largest absolute Gasteiger partial charge is 0.316 e. The van der Waals surface area contributed by atoms with Gasteiger partial charge in [0.1, 0.15) is 11.5 Å². The summed E-state index contributed by atoms with van der Waals surface area (Å²) in [5.74, 6) is -0.129. The highest BCUT2D eigenvalue weighted by atomic mass is 35.5. The Morgan fingerprint density at radius 1 is 1.44 bits per heavy atom. The van der Waals surface area contributed by atoms with E-state index >= 15 is 0 Å². The van der Waals surface area contributed by atoms with Crippen LogP contribution in [0.2, 0.25) is 0 Å². The van der Waals surface area contributed by atoms with E-state index in [-0.39, 0.29) is 23.0 Å². The molecule has 9 heteroatoms. The molecule has 1 aliphatic heterocycles. The van der Waals surface area contributed by atoms with Crippen LogP contribution in [-0.2, 0) is 10.0 Å². The molecule has 3 rings (SSSR count). The average molecular weight is 389 g/mol. The van der Waals surface area contributed by atoms with E-state index in [1.165, 1.54) is 16.8 Å². The molecule has 1 saturated heterocycles. The molecule has 2 heterocycles. The van der Waals surface area contributed by atoms with Gasteiger partial charge in [-0.2, -0.15) is 5.10 Å². The highest BCUT2D eigenvalue weighted by Gasteiger charge is 2.19. The molecule has 2 N–H and O–H groups in total. The van der Waals surface area contributed by atoms with E-state index in [0.29, 0.717) is 12.5 Å². The molecule has 1 fully saturated rings. The van der Waals surface area contributed by atoms with E-state index in [0.717, 1.165) is 37.6 Å². The van der Waals surface area contributed by atoms with Crippen molar-refractivity contribution in [3.05, 3.63) is 42.0 Å². The van der Waals surface area contributed by atoms with Gasteiger partial charge < -0.3 is 5.32 Å². The second-order valence-electron chi connectivity index (χ2n) is 6.12. The highest BCUT2D eigenvalue weighted by molar-refractivity contribution is 7.89. The van der Waals surface area contributed by atoms with Gasteiger partial charge in [0, 0.05) is 12.7 Å². The third-order valence-corrected chi connectivity index (χ3v) is 5.65. The third kappa shape index (κ3) is 4.78. The van der Waals surface area contributed by atoms with Crippen molar-refractivity contribution in [3.63, 3.8) is 0 Å². The van der Waals surface area contributed by atoms with E-state index < -0.39 is 15.8 Å². The summed E-state index contributed by atoms with van der Waals surface area (Å²) in [6, 6.07) is 3.86. The molecule has 0 aliphatic carbocycles. The van der Waals surface area contributed by atoms with Crippen LogP contribution in [0.3, 0.4) is 0 Å². The van der Waals surface area contributed by atoms with Crippen LogP contribution in [0.1, 0.15) is 18.4 Å². The van der Waals surface area contributed by atoms with Crippen molar-refractivity contribution in [1.82, 2.24) is 19.8 Å². The Balaban J connectivity index is 0.00000225. The van der Waals surface area contributed by atoms with Crippen LogP contribution in [0.5, 0.6) is 0 Å². The van der Waals surface area contributed by atoms with Crippen molar-refractivity contribution in [3.8, 4) is 5.69 Å². The number of hydrogen-bond acceptors (Lipinski definition) is 4. The fraction of sp³-hybridized carbons (Fsp3) is 0.438. The SMILES string of the molecule is Cc1cnn(-c2ccc(S(=O)(=O)NCCC3CCNC3)cc2F)c1.Cl. The van der Waals surface area contributed by atoms with Gasteiger partial charge in [0.15, 0.2) is 0 Å². The van der Waals surface area contributed by atoms with Gasteiger partial charge in [-0.25, -0.2) is 22.2 Å². The lowest BCUT2D eigenvalue weighted by Gasteiger charge is -2.11. The molecule has 2 aromatic rings. The molecule has 1 aromatic carbocycles. The summed E-state index contributed by atoms with van der Waals surface area (Å²) >= 11 is 0. The zero-order valence-electron chi connectivity index (χ0n) is 13.9. The van der Waals surface area contributed by atoms with Crippen LogP contribution in [0.25, 0.3) is 5.69 Å². The monoisotopic (exact) mass is 388 g/mol. The molecule has 1 aromatic heterocycles. The minimum atomic E-state index is -3.71. The maximum atomic E-state index is 14.3. The quantitative estimate of drug-likeness (QED) is 0.793. The van der Waals surface area contributed by atoms with Gasteiger partial charge in [-0.1, -0.05) is 0 Å². The van der Waals surface area contributed by atoms with Crippen molar-refractivity contribution in [2.75, 3.05) is 19.6 Å². The molecule has 1 aliphatic rings. The van der Waals surface area contributed by atoms with Gasteiger partial charge in [-0.15, -0.1) is 12.4 Å². The Kier molecular flexibility index (Phi) is 6.56. The number of rotatable bonds is 6. The Morgan fingerprint density at radius 2 is 2.24 bits per heavy atom. The second-order valence-corrected chi connectivity index (χ2v) is 7.89. The number of nitrogens with zero attached hydrogens (tertiary/aromatic N) is 2. The lowest BCUT2D eigenvalue weighted by atomic mass is 10.1. The maximum Gasteiger partial charge on any atom is 0.240 e. The second kappa shape index (κ2) is 8.27. The van der Waals surface area contributed by atoms with Crippen molar-refractivity contribution in [2.24, 2.45) is 5.92 Å². The first kappa shape index (κ1) is 19.8. The molecule has 0 bridgehead atoms. The normalized spacial score (nSPS) is 17.4. The number of nitrogens with one attached hydrogen (secondary N) is 2. The molecule has 0 spiro atoms. The van der Waals surface area contributed by atoms with Crippen LogP contribution in [0, 0.1) is 18.7 Å². The van der Waals surface area contributed by atoms with Gasteiger partial charge in [0.05, 0.1) is 11.1 Å². The van der Waals surface area contributed by atoms with Gasteiger partial charge >= 0.3 is 0 Å². The van der Waals surface area contributed by atoms with E-state index in [1.807, 2.05) is 6.92 Å². The molecule has 138 valence electrons. The van der Waals surface area contributed by atoms with Crippen LogP contribution in [0.4, 0.5) is 4.39 Å². The Labute approximate surface area is 153 Å². The summed E-state index contributed by atoms with van der Waals surface area (Å²) in [6.07, 6.45) is 5.14. The standard InChI is InChI=1S/C16H21FN4O2S.ClH/c1-12-9-19-21(11-12)16-3-2-14(8-15(16)17)24(22,23)20-7-5-13-4-6-18-10-13;/h2-3,8-9,11,13,18,20H,4-7,10H2,1H3;1H. The number of hydrogen-bond donors (Lipinski definition) is 2. The van der Waals surface area contributed by atoms with Gasteiger partial charge in [0.25, 0.3) is 0 Å². The maximum absolute atomic E-state index is 14.3. The third-order valence-electron chi connectivity index (χ3n) is 4.20. The number of aromatic nitrogens is 2. The zero-order valence-corrected chi connectivity index (χ0v) is 15.5. The minimum absolute atomic E-state index is 0. The summed E-state index contributed by atoms with van der Waals surface area (Å²) in [5.41, 5.74) is 1.12. The number of sulfonamides is 1. The lowest BCUT2D eigenvalue weighted by molar-refractivity contribution is 0.519. The van der Waals surface area contributed by atoms with Crippen LogP contribution < -0.4 is 10.0 Å². The fourth-order valence-electron chi connectivity index (χ4n) is 2.83. The molecule has 0 amide bonds. The topological polar surface area (TPSA) is 76.0 Å². The van der Waals surface area contributed by atoms with Crippen LogP contribution in [-0.4, -0.2) is 37.8 Å². The Bertz CT molecular complexity index is 819. The smallest absolute Gasteiger partial charge is 0.240 e. The van der Waals surface area contributed by atoms with Gasteiger partial charge in [-0.3, -0.25) is 0 Å². The number of aryl methyl sites for hydroxylation is 1. The first-order chi connectivity index (χ1) is 11.5. The van der Waals surface area contributed by atoms with E-state index in [9.17, 15) is 12.8 Å². The number of halogens is 2. The van der Waals surface area contributed by atoms with Gasteiger partial charge in [-0.05, 0) is 62.5 Å². The molecule has 0 saturated carbocycles. The van der Waals surface area contributed by atoms with Gasteiger partial charge in [0.2, 0.25) is 10.0 Å². The minimum Gasteiger partial charge on any atom is -0.316 e. The number of benzene rings is 1.